The summed E-state index contributed by atoms with van der Waals surface area (Å²) in [5, 5.41) is 8.55. The number of aromatic nitrogens is 3. The fourth-order valence-electron chi connectivity index (χ4n) is 1.86. The Balaban J connectivity index is 2.29. The molecule has 0 spiro atoms. The Morgan fingerprint density at radius 2 is 2.10 bits per heavy atom. The molecule has 2 rings (SSSR count). The highest BCUT2D eigenvalue weighted by molar-refractivity contribution is 6.30. The number of nitrogens with zero attached hydrogens (tertiary/aromatic N) is 3. The molecule has 106 valence electrons. The number of esters is 1. The molecule has 0 atom stereocenters. The molecule has 0 aliphatic heterocycles. The van der Waals surface area contributed by atoms with E-state index in [1.54, 1.807) is 16.8 Å². The molecule has 0 saturated carbocycles. The van der Waals surface area contributed by atoms with Crippen LogP contribution in [-0.4, -0.2) is 34.6 Å². The van der Waals surface area contributed by atoms with Crippen molar-refractivity contribution < 1.29 is 9.53 Å². The molecule has 20 heavy (non-hydrogen) atoms. The third-order valence-corrected chi connectivity index (χ3v) is 3.10. The van der Waals surface area contributed by atoms with Crippen LogP contribution >= 0.6 is 11.6 Å². The minimum absolute atomic E-state index is 0.215. The topological polar surface area (TPSA) is 83.0 Å². The zero-order valence-corrected chi connectivity index (χ0v) is 11.8. The van der Waals surface area contributed by atoms with E-state index in [0.29, 0.717) is 30.2 Å². The Morgan fingerprint density at radius 3 is 2.70 bits per heavy atom. The van der Waals surface area contributed by atoms with Gasteiger partial charge in [0.25, 0.3) is 0 Å². The molecule has 0 unspecified atom stereocenters. The molecule has 0 saturated heterocycles. The van der Waals surface area contributed by atoms with Gasteiger partial charge in [0.1, 0.15) is 0 Å². The summed E-state index contributed by atoms with van der Waals surface area (Å²) in [6.07, 6.45) is 0.505. The summed E-state index contributed by atoms with van der Waals surface area (Å²) < 4.78 is 6.34. The predicted octanol–water partition coefficient (Wildman–Crippen LogP) is 1.27. The van der Waals surface area contributed by atoms with Gasteiger partial charge in [0.15, 0.2) is 5.69 Å². The lowest BCUT2D eigenvalue weighted by Gasteiger charge is -2.07. The van der Waals surface area contributed by atoms with Crippen LogP contribution in [0.2, 0.25) is 5.02 Å². The summed E-state index contributed by atoms with van der Waals surface area (Å²) in [6, 6.07) is 7.40. The maximum absolute atomic E-state index is 11.6. The van der Waals surface area contributed by atoms with Crippen molar-refractivity contribution in [2.75, 3.05) is 13.7 Å². The lowest BCUT2D eigenvalue weighted by Crippen LogP contribution is -2.14. The van der Waals surface area contributed by atoms with Gasteiger partial charge in [0.2, 0.25) is 0 Å². The molecule has 2 N–H and O–H groups in total. The molecule has 0 aliphatic carbocycles. The van der Waals surface area contributed by atoms with Gasteiger partial charge in [-0.3, -0.25) is 0 Å². The average molecular weight is 295 g/mol. The van der Waals surface area contributed by atoms with Crippen molar-refractivity contribution in [3.05, 3.63) is 46.2 Å². The monoisotopic (exact) mass is 294 g/mol. The molecule has 0 radical (unpaired) electrons. The highest BCUT2D eigenvalue weighted by Gasteiger charge is 2.19. The smallest absolute Gasteiger partial charge is 0.360 e. The van der Waals surface area contributed by atoms with E-state index in [9.17, 15) is 4.79 Å². The van der Waals surface area contributed by atoms with Gasteiger partial charge in [0, 0.05) is 11.4 Å². The molecule has 0 aliphatic rings. The number of hydrogen-bond donors (Lipinski definition) is 1. The average Bonchev–Trinajstić information content (AvgIpc) is 2.84. The van der Waals surface area contributed by atoms with E-state index < -0.39 is 5.97 Å². The lowest BCUT2D eigenvalue weighted by atomic mass is 10.2. The maximum atomic E-state index is 11.6. The fraction of sp³-hybridized carbons (Fsp3) is 0.308. The van der Waals surface area contributed by atoms with Crippen LogP contribution < -0.4 is 5.73 Å². The molecule has 0 amide bonds. The number of halogens is 1. The molecule has 1 aromatic carbocycles. The van der Waals surface area contributed by atoms with Crippen LogP contribution in [-0.2, 0) is 17.7 Å². The molecule has 1 heterocycles. The standard InChI is InChI=1S/C13H15ClN4O2/c1-20-13(19)12-11(6-7-15)18(17-16-12)8-9-2-4-10(14)5-3-9/h2-5H,6-8,15H2,1H3. The van der Waals surface area contributed by atoms with Gasteiger partial charge in [-0.05, 0) is 24.2 Å². The molecule has 6 nitrogen and oxygen atoms in total. The number of carbonyl (C=O) groups is 1. The second kappa shape index (κ2) is 6.49. The number of carbonyl (C=O) groups excluding carboxylic acids is 1. The number of ether oxygens (including phenoxy) is 1. The molecule has 0 bridgehead atoms. The number of methoxy groups -OCH3 is 1. The zero-order chi connectivity index (χ0) is 14.5. The first kappa shape index (κ1) is 14.5. The van der Waals surface area contributed by atoms with Gasteiger partial charge in [-0.15, -0.1) is 5.10 Å². The van der Waals surface area contributed by atoms with Crippen molar-refractivity contribution in [3.8, 4) is 0 Å². The summed E-state index contributed by atoms with van der Waals surface area (Å²) in [5.74, 6) is -0.504. The summed E-state index contributed by atoms with van der Waals surface area (Å²) in [5.41, 5.74) is 7.47. The van der Waals surface area contributed by atoms with E-state index in [-0.39, 0.29) is 5.69 Å². The van der Waals surface area contributed by atoms with Gasteiger partial charge >= 0.3 is 5.97 Å². The highest BCUT2D eigenvalue weighted by Crippen LogP contribution is 2.13. The van der Waals surface area contributed by atoms with Crippen molar-refractivity contribution in [1.82, 2.24) is 15.0 Å². The van der Waals surface area contributed by atoms with Gasteiger partial charge in [-0.1, -0.05) is 28.9 Å². The van der Waals surface area contributed by atoms with Crippen molar-refractivity contribution >= 4 is 17.6 Å². The molecular weight excluding hydrogens is 280 g/mol. The number of benzene rings is 1. The third kappa shape index (κ3) is 3.15. The Labute approximate surface area is 121 Å². The third-order valence-electron chi connectivity index (χ3n) is 2.84. The minimum atomic E-state index is -0.504. The van der Waals surface area contributed by atoms with Crippen molar-refractivity contribution in [2.45, 2.75) is 13.0 Å². The highest BCUT2D eigenvalue weighted by atomic mass is 35.5. The van der Waals surface area contributed by atoms with Crippen LogP contribution in [0.4, 0.5) is 0 Å². The van der Waals surface area contributed by atoms with Crippen LogP contribution in [0.1, 0.15) is 21.7 Å². The summed E-state index contributed by atoms with van der Waals surface area (Å²) >= 11 is 5.85. The SMILES string of the molecule is COC(=O)c1nnn(Cc2ccc(Cl)cc2)c1CCN. The first-order valence-corrected chi connectivity index (χ1v) is 6.48. The molecular formula is C13H15ClN4O2. The number of rotatable bonds is 5. The Hall–Kier alpha value is -1.92. The van der Waals surface area contributed by atoms with Crippen molar-refractivity contribution in [3.63, 3.8) is 0 Å². The van der Waals surface area contributed by atoms with Crippen molar-refractivity contribution in [1.29, 1.82) is 0 Å². The van der Waals surface area contributed by atoms with E-state index in [4.69, 9.17) is 17.3 Å². The normalized spacial score (nSPS) is 10.6. The van der Waals surface area contributed by atoms with Crippen molar-refractivity contribution in [2.24, 2.45) is 5.73 Å². The Morgan fingerprint density at radius 1 is 1.40 bits per heavy atom. The largest absolute Gasteiger partial charge is 0.464 e. The summed E-state index contributed by atoms with van der Waals surface area (Å²) in [7, 11) is 1.31. The molecule has 7 heteroatoms. The van der Waals surface area contributed by atoms with E-state index >= 15 is 0 Å². The summed E-state index contributed by atoms with van der Waals surface area (Å²) in [4.78, 5) is 11.6. The van der Waals surface area contributed by atoms with E-state index in [0.717, 1.165) is 5.56 Å². The van der Waals surface area contributed by atoms with Gasteiger partial charge in [-0.2, -0.15) is 0 Å². The van der Waals surface area contributed by atoms with E-state index in [2.05, 4.69) is 15.0 Å². The Kier molecular flexibility index (Phi) is 4.70. The quantitative estimate of drug-likeness (QED) is 0.840. The number of hydrogen-bond acceptors (Lipinski definition) is 5. The van der Waals surface area contributed by atoms with E-state index in [1.165, 1.54) is 7.11 Å². The van der Waals surface area contributed by atoms with Gasteiger partial charge < -0.3 is 10.5 Å². The molecule has 0 fully saturated rings. The number of nitrogens with two attached hydrogens (primary N) is 1. The second-order valence-electron chi connectivity index (χ2n) is 4.20. The maximum Gasteiger partial charge on any atom is 0.360 e. The lowest BCUT2D eigenvalue weighted by molar-refractivity contribution is 0.0592. The van der Waals surface area contributed by atoms with E-state index in [1.807, 2.05) is 12.1 Å². The van der Waals surface area contributed by atoms with Crippen LogP contribution in [0.3, 0.4) is 0 Å². The molecule has 2 aromatic rings. The first-order chi connectivity index (χ1) is 9.65. The van der Waals surface area contributed by atoms with Crippen LogP contribution in [0.25, 0.3) is 0 Å². The van der Waals surface area contributed by atoms with Crippen LogP contribution in [0, 0.1) is 0 Å². The van der Waals surface area contributed by atoms with Gasteiger partial charge in [0.05, 0.1) is 19.3 Å². The molecule has 1 aromatic heterocycles. The minimum Gasteiger partial charge on any atom is -0.464 e. The summed E-state index contributed by atoms with van der Waals surface area (Å²) in [6.45, 7) is 0.897. The zero-order valence-electron chi connectivity index (χ0n) is 11.0. The Bertz CT molecular complexity index is 595. The first-order valence-electron chi connectivity index (χ1n) is 6.11. The van der Waals surface area contributed by atoms with Crippen LogP contribution in [0.5, 0.6) is 0 Å². The van der Waals surface area contributed by atoms with Gasteiger partial charge in [-0.25, -0.2) is 9.48 Å². The second-order valence-corrected chi connectivity index (χ2v) is 4.64. The predicted molar refractivity (Wildman–Crippen MR) is 74.7 cm³/mol. The van der Waals surface area contributed by atoms with Crippen LogP contribution in [0.15, 0.2) is 24.3 Å². The fourth-order valence-corrected chi connectivity index (χ4v) is 1.99.